The summed E-state index contributed by atoms with van der Waals surface area (Å²) in [5.41, 5.74) is 1.40. The van der Waals surface area contributed by atoms with Crippen molar-refractivity contribution in [3.8, 4) is 0 Å². The molecule has 0 aliphatic heterocycles. The van der Waals surface area contributed by atoms with Gasteiger partial charge in [-0.05, 0) is 48.9 Å². The Labute approximate surface area is 169 Å². The molecule has 0 bridgehead atoms. The minimum atomic E-state index is -0.932. The van der Waals surface area contributed by atoms with Crippen molar-refractivity contribution >= 4 is 39.0 Å². The molecule has 5 rings (SSSR count). The number of halogens is 2. The monoisotopic (exact) mass is 445 g/mol. The molecule has 2 N–H and O–H groups in total. The van der Waals surface area contributed by atoms with Gasteiger partial charge in [0.05, 0.1) is 28.7 Å². The number of nitrogens with one attached hydrogen (secondary N) is 1. The van der Waals surface area contributed by atoms with E-state index >= 15 is 0 Å². The van der Waals surface area contributed by atoms with E-state index in [0.29, 0.717) is 23.4 Å². The number of carbonyl (C=O) groups is 1. The molecule has 138 valence electrons. The molecule has 2 heterocycles. The van der Waals surface area contributed by atoms with Gasteiger partial charge in [-0.3, -0.25) is 4.79 Å². The maximum Gasteiger partial charge on any atom is 0.251 e. The molecular formula is C20H17BrClN3O2. The fraction of sp³-hybridized carbons (Fsp3) is 0.300. The number of fused-ring (bicyclic) bond motifs is 2. The molecule has 3 aromatic rings. The Hall–Kier alpha value is -1.89. The zero-order chi connectivity index (χ0) is 18.8. The van der Waals surface area contributed by atoms with E-state index in [1.54, 1.807) is 24.8 Å². The Kier molecular flexibility index (Phi) is 3.86. The highest BCUT2D eigenvalue weighted by atomic mass is 79.9. The summed E-state index contributed by atoms with van der Waals surface area (Å²) >= 11 is 9.62. The van der Waals surface area contributed by atoms with E-state index < -0.39 is 5.60 Å². The molecule has 2 aliphatic rings. The number of rotatable bonds is 3. The lowest BCUT2D eigenvalue weighted by atomic mass is 9.88. The Morgan fingerprint density at radius 3 is 2.85 bits per heavy atom. The van der Waals surface area contributed by atoms with Crippen molar-refractivity contribution < 1.29 is 9.90 Å². The first-order valence-corrected chi connectivity index (χ1v) is 10.0. The second-order valence-electron chi connectivity index (χ2n) is 7.54. The number of carbonyl (C=O) groups excluding carboxylic acids is 1. The average Bonchev–Trinajstić information content (AvgIpc) is 3.01. The number of aliphatic hydroxyl groups is 1. The third-order valence-corrected chi connectivity index (χ3v) is 6.55. The van der Waals surface area contributed by atoms with Gasteiger partial charge in [0.1, 0.15) is 0 Å². The Balaban J connectivity index is 1.33. The van der Waals surface area contributed by atoms with Gasteiger partial charge in [-0.25, -0.2) is 4.98 Å². The van der Waals surface area contributed by atoms with Gasteiger partial charge in [0, 0.05) is 27.8 Å². The second kappa shape index (κ2) is 6.06. The third-order valence-electron chi connectivity index (χ3n) is 5.85. The van der Waals surface area contributed by atoms with Crippen LogP contribution in [0, 0.1) is 11.8 Å². The summed E-state index contributed by atoms with van der Waals surface area (Å²) in [6.45, 7) is 0. The summed E-state index contributed by atoms with van der Waals surface area (Å²) in [7, 11) is 0. The summed E-state index contributed by atoms with van der Waals surface area (Å²) in [4.78, 5) is 16.6. The highest BCUT2D eigenvalue weighted by molar-refractivity contribution is 9.10. The molecule has 2 aliphatic carbocycles. The Morgan fingerprint density at radius 2 is 2.11 bits per heavy atom. The van der Waals surface area contributed by atoms with E-state index in [9.17, 15) is 9.90 Å². The van der Waals surface area contributed by atoms with E-state index in [1.165, 1.54) is 0 Å². The van der Waals surface area contributed by atoms with E-state index in [4.69, 9.17) is 11.6 Å². The van der Waals surface area contributed by atoms with Gasteiger partial charge in [-0.1, -0.05) is 33.6 Å². The zero-order valence-corrected chi connectivity index (χ0v) is 16.6. The van der Waals surface area contributed by atoms with Crippen molar-refractivity contribution in [3.05, 3.63) is 69.7 Å². The molecule has 2 unspecified atom stereocenters. The average molecular weight is 447 g/mol. The van der Waals surface area contributed by atoms with Gasteiger partial charge >= 0.3 is 0 Å². The predicted molar refractivity (Wildman–Crippen MR) is 106 cm³/mol. The first-order valence-electron chi connectivity index (χ1n) is 8.85. The van der Waals surface area contributed by atoms with Crippen LogP contribution in [-0.2, 0) is 5.60 Å². The van der Waals surface area contributed by atoms with Crippen molar-refractivity contribution in [2.75, 3.05) is 0 Å². The van der Waals surface area contributed by atoms with Crippen LogP contribution in [0.5, 0.6) is 0 Å². The molecular weight excluding hydrogens is 430 g/mol. The van der Waals surface area contributed by atoms with Crippen molar-refractivity contribution in [3.63, 3.8) is 0 Å². The van der Waals surface area contributed by atoms with Gasteiger partial charge in [-0.2, -0.15) is 0 Å². The number of aromatic nitrogens is 2. The van der Waals surface area contributed by atoms with Crippen molar-refractivity contribution in [2.24, 2.45) is 11.8 Å². The molecule has 1 aromatic carbocycles. The van der Waals surface area contributed by atoms with Crippen LogP contribution in [0.3, 0.4) is 0 Å². The number of hydrogen-bond donors (Lipinski definition) is 2. The number of hydrogen-bond acceptors (Lipinski definition) is 3. The highest BCUT2D eigenvalue weighted by Gasteiger charge is 2.62. The summed E-state index contributed by atoms with van der Waals surface area (Å²) in [6, 6.07) is 9.31. The molecule has 27 heavy (non-hydrogen) atoms. The lowest BCUT2D eigenvalue weighted by Crippen LogP contribution is -2.33. The number of amides is 1. The molecule has 1 amide bonds. The minimum absolute atomic E-state index is 0.0693. The van der Waals surface area contributed by atoms with Crippen molar-refractivity contribution in [2.45, 2.75) is 24.5 Å². The lowest BCUT2D eigenvalue weighted by Gasteiger charge is -2.27. The molecule has 2 aromatic heterocycles. The van der Waals surface area contributed by atoms with Crippen LogP contribution >= 0.6 is 27.5 Å². The van der Waals surface area contributed by atoms with Crippen LogP contribution < -0.4 is 5.32 Å². The number of benzene rings is 1. The van der Waals surface area contributed by atoms with Gasteiger partial charge in [0.2, 0.25) is 0 Å². The molecule has 2 fully saturated rings. The maximum atomic E-state index is 12.5. The molecule has 0 spiro atoms. The standard InChI is InChI=1S/C20H17BrClN3O2/c21-12-3-1-2-11(4-12)19(26)24-18-14-6-20(27,7-15(14)18)16-5-13(22)9-25-10-23-8-17(16)25/h1-5,8-10,14-15,18,27H,6-7H2,(H,24,26)/t14-,15+,18?,20?. The van der Waals surface area contributed by atoms with E-state index in [0.717, 1.165) is 15.6 Å². The third kappa shape index (κ3) is 2.87. The summed E-state index contributed by atoms with van der Waals surface area (Å²) < 4.78 is 2.72. The SMILES string of the molecule is O=C(NC1[C@H]2CC(O)(c3cc(Cl)cn4cncc34)C[C@@H]12)c1cccc(Br)c1. The lowest BCUT2D eigenvalue weighted by molar-refractivity contribution is 0.0289. The van der Waals surface area contributed by atoms with Crippen LogP contribution in [0.25, 0.3) is 5.52 Å². The molecule has 4 atom stereocenters. The van der Waals surface area contributed by atoms with E-state index in [-0.39, 0.29) is 23.8 Å². The molecule has 2 saturated carbocycles. The quantitative estimate of drug-likeness (QED) is 0.643. The zero-order valence-electron chi connectivity index (χ0n) is 14.3. The second-order valence-corrected chi connectivity index (χ2v) is 8.89. The van der Waals surface area contributed by atoms with E-state index in [1.807, 2.05) is 28.7 Å². The number of pyridine rings is 1. The number of imidazole rings is 1. The molecule has 5 nitrogen and oxygen atoms in total. The highest BCUT2D eigenvalue weighted by Crippen LogP contribution is 2.60. The first kappa shape index (κ1) is 17.2. The molecule has 7 heteroatoms. The van der Waals surface area contributed by atoms with Crippen LogP contribution in [0.4, 0.5) is 0 Å². The molecule has 0 radical (unpaired) electrons. The van der Waals surface area contributed by atoms with Crippen LogP contribution in [0.2, 0.25) is 5.02 Å². The van der Waals surface area contributed by atoms with Gasteiger partial charge in [0.15, 0.2) is 0 Å². The normalized spacial score (nSPS) is 28.9. The smallest absolute Gasteiger partial charge is 0.251 e. The fourth-order valence-electron chi connectivity index (χ4n) is 4.53. The Morgan fingerprint density at radius 1 is 1.33 bits per heavy atom. The van der Waals surface area contributed by atoms with Crippen molar-refractivity contribution in [1.29, 1.82) is 0 Å². The topological polar surface area (TPSA) is 66.6 Å². The van der Waals surface area contributed by atoms with E-state index in [2.05, 4.69) is 26.2 Å². The fourth-order valence-corrected chi connectivity index (χ4v) is 5.15. The van der Waals surface area contributed by atoms with Crippen molar-refractivity contribution in [1.82, 2.24) is 14.7 Å². The summed E-state index contributed by atoms with van der Waals surface area (Å²) in [5, 5.41) is 15.0. The summed E-state index contributed by atoms with van der Waals surface area (Å²) in [6.07, 6.45) is 6.45. The van der Waals surface area contributed by atoms with Gasteiger partial charge in [0.25, 0.3) is 5.91 Å². The van der Waals surface area contributed by atoms with Crippen LogP contribution in [0.1, 0.15) is 28.8 Å². The summed E-state index contributed by atoms with van der Waals surface area (Å²) in [5.74, 6) is 0.501. The largest absolute Gasteiger partial charge is 0.385 e. The van der Waals surface area contributed by atoms with Gasteiger partial charge in [-0.15, -0.1) is 0 Å². The van der Waals surface area contributed by atoms with Crippen LogP contribution in [0.15, 0.2) is 53.5 Å². The first-order chi connectivity index (χ1) is 12.9. The van der Waals surface area contributed by atoms with Crippen LogP contribution in [-0.4, -0.2) is 26.4 Å². The molecule has 0 saturated heterocycles. The minimum Gasteiger partial charge on any atom is -0.385 e. The predicted octanol–water partition coefficient (Wildman–Crippen LogP) is 3.78. The Bertz CT molecular complexity index is 1050. The number of nitrogens with zero attached hydrogens (tertiary/aromatic N) is 2. The van der Waals surface area contributed by atoms with Gasteiger partial charge < -0.3 is 14.8 Å². The maximum absolute atomic E-state index is 12.5.